The second-order valence-corrected chi connectivity index (χ2v) is 9.94. The second kappa shape index (κ2) is 9.74. The summed E-state index contributed by atoms with van der Waals surface area (Å²) >= 11 is 0. The molecule has 1 N–H and O–H groups in total. The SMILES string of the molecule is COC(=O)c1ccc2ccc(-c3cccnc3C(=O)OC(C)(C)C)cc2c1NC(=O)OC(C)(C)C. The lowest BCUT2D eigenvalue weighted by Gasteiger charge is -2.21. The number of hydrogen-bond acceptors (Lipinski definition) is 7. The number of carbonyl (C=O) groups is 3. The van der Waals surface area contributed by atoms with E-state index in [1.54, 1.807) is 71.9 Å². The van der Waals surface area contributed by atoms with Crippen molar-refractivity contribution in [2.75, 3.05) is 12.4 Å². The van der Waals surface area contributed by atoms with Gasteiger partial charge in [0.05, 0.1) is 18.4 Å². The van der Waals surface area contributed by atoms with Crippen LogP contribution in [0.3, 0.4) is 0 Å². The number of aromatic nitrogens is 1. The summed E-state index contributed by atoms with van der Waals surface area (Å²) in [6.45, 7) is 10.6. The molecule has 0 aliphatic rings. The van der Waals surface area contributed by atoms with Gasteiger partial charge in [-0.1, -0.05) is 24.3 Å². The number of esters is 2. The van der Waals surface area contributed by atoms with E-state index >= 15 is 0 Å². The van der Waals surface area contributed by atoms with Crippen LogP contribution >= 0.6 is 0 Å². The van der Waals surface area contributed by atoms with Crippen LogP contribution < -0.4 is 5.32 Å². The summed E-state index contributed by atoms with van der Waals surface area (Å²) in [5.74, 6) is -1.16. The van der Waals surface area contributed by atoms with Gasteiger partial charge in [0.2, 0.25) is 0 Å². The van der Waals surface area contributed by atoms with Gasteiger partial charge in [0.25, 0.3) is 0 Å². The molecule has 8 heteroatoms. The van der Waals surface area contributed by atoms with Gasteiger partial charge in [-0.25, -0.2) is 19.4 Å². The third-order valence-electron chi connectivity index (χ3n) is 4.76. The van der Waals surface area contributed by atoms with Gasteiger partial charge in [-0.05, 0) is 70.7 Å². The first-order valence-electron chi connectivity index (χ1n) is 11.1. The number of hydrogen-bond donors (Lipinski definition) is 1. The minimum Gasteiger partial charge on any atom is -0.465 e. The Morgan fingerprint density at radius 1 is 0.857 bits per heavy atom. The molecule has 0 radical (unpaired) electrons. The molecule has 0 bridgehead atoms. The van der Waals surface area contributed by atoms with Crippen molar-refractivity contribution < 1.29 is 28.6 Å². The predicted molar refractivity (Wildman–Crippen MR) is 134 cm³/mol. The standard InChI is InChI=1S/C27H30N2O6/c1-26(2,3)34-24(31)22-18(9-8-14-28-22)17-11-10-16-12-13-19(23(30)33-7)21(20(16)15-17)29-25(32)35-27(4,5)6/h8-15H,1-7H3,(H,29,32). The van der Waals surface area contributed by atoms with E-state index in [4.69, 9.17) is 14.2 Å². The molecule has 2 aromatic carbocycles. The summed E-state index contributed by atoms with van der Waals surface area (Å²) in [6.07, 6.45) is 0.811. The highest BCUT2D eigenvalue weighted by molar-refractivity contribution is 6.11. The number of amides is 1. The molecule has 1 amide bonds. The van der Waals surface area contributed by atoms with Crippen molar-refractivity contribution in [3.8, 4) is 11.1 Å². The van der Waals surface area contributed by atoms with Gasteiger partial charge in [0.1, 0.15) is 11.2 Å². The molecule has 184 valence electrons. The van der Waals surface area contributed by atoms with E-state index in [2.05, 4.69) is 10.3 Å². The van der Waals surface area contributed by atoms with Gasteiger partial charge in [-0.2, -0.15) is 0 Å². The summed E-state index contributed by atoms with van der Waals surface area (Å²) in [7, 11) is 1.27. The first kappa shape index (κ1) is 25.7. The first-order valence-corrected chi connectivity index (χ1v) is 11.1. The van der Waals surface area contributed by atoms with E-state index in [0.29, 0.717) is 16.5 Å². The highest BCUT2D eigenvalue weighted by atomic mass is 16.6. The number of nitrogens with one attached hydrogen (secondary N) is 1. The number of methoxy groups -OCH3 is 1. The Kier molecular flexibility index (Phi) is 7.14. The summed E-state index contributed by atoms with van der Waals surface area (Å²) in [6, 6.07) is 12.3. The van der Waals surface area contributed by atoms with Crippen molar-refractivity contribution in [1.82, 2.24) is 4.98 Å². The molecule has 8 nitrogen and oxygen atoms in total. The van der Waals surface area contributed by atoms with E-state index < -0.39 is 29.2 Å². The van der Waals surface area contributed by atoms with Crippen LogP contribution in [0.15, 0.2) is 48.7 Å². The zero-order chi connectivity index (χ0) is 26.0. The molecule has 0 atom stereocenters. The highest BCUT2D eigenvalue weighted by Gasteiger charge is 2.24. The fourth-order valence-electron chi connectivity index (χ4n) is 3.43. The Bertz CT molecular complexity index is 1290. The van der Waals surface area contributed by atoms with Crippen molar-refractivity contribution >= 4 is 34.5 Å². The Morgan fingerprint density at radius 3 is 2.14 bits per heavy atom. The van der Waals surface area contributed by atoms with Crippen LogP contribution in [0.2, 0.25) is 0 Å². The zero-order valence-electron chi connectivity index (χ0n) is 21.0. The fourth-order valence-corrected chi connectivity index (χ4v) is 3.43. The molecule has 3 aromatic rings. The Labute approximate surface area is 204 Å². The summed E-state index contributed by atoms with van der Waals surface area (Å²) in [4.78, 5) is 42.2. The van der Waals surface area contributed by atoms with E-state index in [1.165, 1.54) is 13.3 Å². The van der Waals surface area contributed by atoms with Crippen molar-refractivity contribution in [2.45, 2.75) is 52.7 Å². The molecule has 0 fully saturated rings. The monoisotopic (exact) mass is 478 g/mol. The Morgan fingerprint density at radius 2 is 1.51 bits per heavy atom. The minimum atomic E-state index is -0.733. The zero-order valence-corrected chi connectivity index (χ0v) is 21.0. The van der Waals surface area contributed by atoms with Crippen LogP contribution in [-0.2, 0) is 14.2 Å². The molecular formula is C27H30N2O6. The van der Waals surface area contributed by atoms with Crippen LogP contribution in [-0.4, -0.2) is 41.3 Å². The molecule has 0 unspecified atom stereocenters. The fraction of sp³-hybridized carbons (Fsp3) is 0.333. The largest absolute Gasteiger partial charge is 0.465 e. The van der Waals surface area contributed by atoms with Gasteiger partial charge in [0, 0.05) is 17.1 Å². The molecule has 3 rings (SSSR count). The van der Waals surface area contributed by atoms with Crippen LogP contribution in [0.5, 0.6) is 0 Å². The number of benzene rings is 2. The number of fused-ring (bicyclic) bond motifs is 1. The third-order valence-corrected chi connectivity index (χ3v) is 4.76. The molecule has 1 aromatic heterocycles. The average molecular weight is 479 g/mol. The number of ether oxygens (including phenoxy) is 3. The number of rotatable bonds is 4. The first-order chi connectivity index (χ1) is 16.3. The average Bonchev–Trinajstić information content (AvgIpc) is 2.76. The molecule has 1 heterocycles. The summed E-state index contributed by atoms with van der Waals surface area (Å²) < 4.78 is 15.8. The summed E-state index contributed by atoms with van der Waals surface area (Å²) in [5.41, 5.74) is 0.358. The van der Waals surface area contributed by atoms with E-state index in [-0.39, 0.29) is 16.9 Å². The smallest absolute Gasteiger partial charge is 0.412 e. The molecule has 0 aliphatic carbocycles. The van der Waals surface area contributed by atoms with Gasteiger partial charge in [0.15, 0.2) is 5.69 Å². The molecule has 35 heavy (non-hydrogen) atoms. The molecule has 0 saturated heterocycles. The number of pyridine rings is 1. The van der Waals surface area contributed by atoms with Crippen LogP contribution in [0, 0.1) is 0 Å². The number of nitrogens with zero attached hydrogens (tertiary/aromatic N) is 1. The summed E-state index contributed by atoms with van der Waals surface area (Å²) in [5, 5.41) is 4.03. The quantitative estimate of drug-likeness (QED) is 0.363. The predicted octanol–water partition coefficient (Wildman–Crippen LogP) is 5.99. The maximum Gasteiger partial charge on any atom is 0.412 e. The van der Waals surface area contributed by atoms with Gasteiger partial charge in [-0.15, -0.1) is 0 Å². The van der Waals surface area contributed by atoms with E-state index in [0.717, 1.165) is 5.39 Å². The van der Waals surface area contributed by atoms with Crippen molar-refractivity contribution in [3.63, 3.8) is 0 Å². The van der Waals surface area contributed by atoms with Gasteiger partial charge < -0.3 is 14.2 Å². The Hall–Kier alpha value is -3.94. The minimum absolute atomic E-state index is 0.160. The maximum absolute atomic E-state index is 12.8. The Balaban J connectivity index is 2.17. The molecule has 0 spiro atoms. The topological polar surface area (TPSA) is 104 Å². The number of carbonyl (C=O) groups excluding carboxylic acids is 3. The van der Waals surface area contributed by atoms with Crippen LogP contribution in [0.25, 0.3) is 21.9 Å². The van der Waals surface area contributed by atoms with Gasteiger partial charge in [-0.3, -0.25) is 5.32 Å². The lowest BCUT2D eigenvalue weighted by Crippen LogP contribution is -2.28. The second-order valence-electron chi connectivity index (χ2n) is 9.94. The molecular weight excluding hydrogens is 448 g/mol. The van der Waals surface area contributed by atoms with Crippen LogP contribution in [0.4, 0.5) is 10.5 Å². The van der Waals surface area contributed by atoms with Crippen molar-refractivity contribution in [3.05, 3.63) is 59.9 Å². The lowest BCUT2D eigenvalue weighted by atomic mass is 9.97. The van der Waals surface area contributed by atoms with E-state index in [1.807, 2.05) is 12.1 Å². The van der Waals surface area contributed by atoms with Gasteiger partial charge >= 0.3 is 18.0 Å². The third kappa shape index (κ3) is 6.35. The number of anilines is 1. The molecule has 0 saturated carbocycles. The van der Waals surface area contributed by atoms with Crippen molar-refractivity contribution in [2.24, 2.45) is 0 Å². The highest BCUT2D eigenvalue weighted by Crippen LogP contribution is 2.34. The molecule has 0 aliphatic heterocycles. The normalized spacial score (nSPS) is 11.6. The van der Waals surface area contributed by atoms with Crippen molar-refractivity contribution in [1.29, 1.82) is 0 Å². The lowest BCUT2D eigenvalue weighted by molar-refractivity contribution is 0.00634. The van der Waals surface area contributed by atoms with E-state index in [9.17, 15) is 14.4 Å². The maximum atomic E-state index is 12.8. The van der Waals surface area contributed by atoms with Crippen LogP contribution in [0.1, 0.15) is 62.4 Å².